The lowest BCUT2D eigenvalue weighted by Crippen LogP contribution is -2.42. The fraction of sp³-hybridized carbons (Fsp3) is 0.500. The summed E-state index contributed by atoms with van der Waals surface area (Å²) in [4.78, 5) is 19.9. The molecule has 2 N–H and O–H groups in total. The summed E-state index contributed by atoms with van der Waals surface area (Å²) in [6, 6.07) is 10.1. The summed E-state index contributed by atoms with van der Waals surface area (Å²) in [6.07, 6.45) is 0.742. The Bertz CT molecular complexity index is 851. The number of hydrogen-bond donors (Lipinski definition) is 2. The van der Waals surface area contributed by atoms with Gasteiger partial charge in [-0.15, -0.1) is 11.3 Å². The van der Waals surface area contributed by atoms with Crippen molar-refractivity contribution < 1.29 is 4.79 Å². The van der Waals surface area contributed by atoms with E-state index in [1.165, 1.54) is 0 Å². The average Bonchev–Trinajstić information content (AvgIpc) is 3.19. The molecule has 1 saturated heterocycles. The molecule has 1 amide bonds. The fourth-order valence-corrected chi connectivity index (χ4v) is 4.45. The smallest absolute Gasteiger partial charge is 0.228 e. The number of carbonyl (C=O) groups excluding carboxylic acids is 1. The van der Waals surface area contributed by atoms with Gasteiger partial charge in [0.25, 0.3) is 0 Å². The maximum absolute atomic E-state index is 12.6. The molecule has 0 saturated carbocycles. The van der Waals surface area contributed by atoms with E-state index in [1.807, 2.05) is 24.3 Å². The molecule has 29 heavy (non-hydrogen) atoms. The van der Waals surface area contributed by atoms with E-state index in [0.29, 0.717) is 5.92 Å². The largest absolute Gasteiger partial charge is 0.342 e. The van der Waals surface area contributed by atoms with Crippen molar-refractivity contribution in [2.75, 3.05) is 32.7 Å². The maximum atomic E-state index is 12.6. The Morgan fingerprint density at radius 1 is 1.38 bits per heavy atom. The zero-order valence-corrected chi connectivity index (χ0v) is 18.0. The summed E-state index contributed by atoms with van der Waals surface area (Å²) < 4.78 is 0. The summed E-state index contributed by atoms with van der Waals surface area (Å²) in [5.41, 5.74) is 2.97. The average molecular weight is 412 g/mol. The molecule has 3 rings (SSSR count). The van der Waals surface area contributed by atoms with Crippen molar-refractivity contribution in [1.82, 2.24) is 20.5 Å². The van der Waals surface area contributed by atoms with Crippen LogP contribution in [-0.2, 0) is 11.3 Å². The lowest BCUT2D eigenvalue weighted by Gasteiger charge is -2.26. The van der Waals surface area contributed by atoms with E-state index in [1.54, 1.807) is 11.3 Å². The molecule has 1 atom stereocenters. The molecule has 2 heterocycles. The number of nitrogens with one attached hydrogen (secondary N) is 2. The summed E-state index contributed by atoms with van der Waals surface area (Å²) in [6.45, 7) is 9.32. The topological polar surface area (TPSA) is 81.0 Å². The quantitative estimate of drug-likeness (QED) is 0.653. The van der Waals surface area contributed by atoms with Gasteiger partial charge < -0.3 is 10.6 Å². The van der Waals surface area contributed by atoms with Gasteiger partial charge in [-0.05, 0) is 24.0 Å². The number of piperazine rings is 1. The summed E-state index contributed by atoms with van der Waals surface area (Å²) in [5, 5.41) is 18.1. The van der Waals surface area contributed by atoms with E-state index in [-0.39, 0.29) is 18.4 Å². The second-order valence-corrected chi connectivity index (χ2v) is 8.78. The molecule has 7 heteroatoms. The third kappa shape index (κ3) is 6.10. The van der Waals surface area contributed by atoms with Gasteiger partial charge in [0.05, 0.1) is 24.2 Å². The molecule has 1 aromatic heterocycles. The Kier molecular flexibility index (Phi) is 7.76. The molecule has 1 aliphatic rings. The Morgan fingerprint density at radius 2 is 2.17 bits per heavy atom. The molecule has 0 spiro atoms. The third-order valence-corrected chi connectivity index (χ3v) is 5.90. The number of rotatable bonds is 8. The minimum atomic E-state index is -0.262. The highest BCUT2D eigenvalue weighted by molar-refractivity contribution is 7.09. The van der Waals surface area contributed by atoms with Crippen molar-refractivity contribution in [2.24, 2.45) is 5.92 Å². The highest BCUT2D eigenvalue weighted by Gasteiger charge is 2.22. The van der Waals surface area contributed by atoms with Crippen molar-refractivity contribution in [3.8, 4) is 17.3 Å². The predicted molar refractivity (Wildman–Crippen MR) is 117 cm³/mol. The Balaban J connectivity index is 1.76. The Morgan fingerprint density at radius 3 is 2.90 bits per heavy atom. The summed E-state index contributed by atoms with van der Waals surface area (Å²) in [5.74, 6) is 0.0266. The summed E-state index contributed by atoms with van der Waals surface area (Å²) in [7, 11) is 0. The van der Waals surface area contributed by atoms with Crippen LogP contribution in [0.3, 0.4) is 0 Å². The van der Waals surface area contributed by atoms with Gasteiger partial charge in [-0.1, -0.05) is 32.0 Å². The number of amides is 1. The van der Waals surface area contributed by atoms with Crippen LogP contribution in [0, 0.1) is 17.2 Å². The first-order chi connectivity index (χ1) is 14.1. The summed E-state index contributed by atoms with van der Waals surface area (Å²) >= 11 is 1.69. The molecule has 0 aliphatic carbocycles. The molecular weight excluding hydrogens is 382 g/mol. The van der Waals surface area contributed by atoms with Gasteiger partial charge >= 0.3 is 0 Å². The van der Waals surface area contributed by atoms with E-state index >= 15 is 0 Å². The highest BCUT2D eigenvalue weighted by atomic mass is 32.1. The monoisotopic (exact) mass is 411 g/mol. The van der Waals surface area contributed by atoms with Gasteiger partial charge in [0.1, 0.15) is 11.6 Å². The first-order valence-electron chi connectivity index (χ1n) is 10.2. The molecule has 6 nitrogen and oxygen atoms in total. The first kappa shape index (κ1) is 21.4. The molecular formula is C22H29N5OS. The SMILES string of the molecule is CC(C)CC(C(=O)NCC#N)c1cccc(-c2csc(CN3CCNCC3)n2)c1. The van der Waals surface area contributed by atoms with Crippen LogP contribution in [0.25, 0.3) is 11.3 Å². The number of nitriles is 1. The molecule has 2 aromatic rings. The van der Waals surface area contributed by atoms with Crippen LogP contribution in [0.1, 0.15) is 36.8 Å². The molecule has 1 fully saturated rings. The van der Waals surface area contributed by atoms with Gasteiger partial charge in [-0.25, -0.2) is 4.98 Å². The maximum Gasteiger partial charge on any atom is 0.228 e. The van der Waals surface area contributed by atoms with Crippen molar-refractivity contribution >= 4 is 17.2 Å². The zero-order chi connectivity index (χ0) is 20.6. The van der Waals surface area contributed by atoms with Gasteiger partial charge in [0, 0.05) is 37.1 Å². The van der Waals surface area contributed by atoms with Gasteiger partial charge in [0.2, 0.25) is 5.91 Å². The second-order valence-electron chi connectivity index (χ2n) is 7.84. The molecule has 1 unspecified atom stereocenters. The van der Waals surface area contributed by atoms with E-state index in [0.717, 1.165) is 61.0 Å². The van der Waals surface area contributed by atoms with Crippen LogP contribution >= 0.6 is 11.3 Å². The third-order valence-electron chi connectivity index (χ3n) is 5.07. The van der Waals surface area contributed by atoms with Gasteiger partial charge in [-0.2, -0.15) is 5.26 Å². The molecule has 0 bridgehead atoms. The van der Waals surface area contributed by atoms with Gasteiger partial charge in [-0.3, -0.25) is 9.69 Å². The van der Waals surface area contributed by atoms with Crippen molar-refractivity contribution in [3.05, 3.63) is 40.2 Å². The lowest BCUT2D eigenvalue weighted by molar-refractivity contribution is -0.122. The standard InChI is InChI=1S/C22H29N5OS/c1-16(2)12-19(22(28)25-7-6-23)17-4-3-5-18(13-17)20-15-29-21(26-20)14-27-10-8-24-9-11-27/h3-5,13,15-16,19,24H,7-12,14H2,1-2H3,(H,25,28). The highest BCUT2D eigenvalue weighted by Crippen LogP contribution is 2.29. The number of hydrogen-bond acceptors (Lipinski definition) is 6. The number of thiazole rings is 1. The van der Waals surface area contributed by atoms with Crippen LogP contribution in [0.4, 0.5) is 0 Å². The van der Waals surface area contributed by atoms with Crippen LogP contribution < -0.4 is 10.6 Å². The molecule has 154 valence electrons. The zero-order valence-electron chi connectivity index (χ0n) is 17.1. The number of benzene rings is 1. The van der Waals surface area contributed by atoms with E-state index < -0.39 is 0 Å². The molecule has 1 aliphatic heterocycles. The van der Waals surface area contributed by atoms with Gasteiger partial charge in [0.15, 0.2) is 0 Å². The van der Waals surface area contributed by atoms with Crippen LogP contribution in [0.2, 0.25) is 0 Å². The number of nitrogens with zero attached hydrogens (tertiary/aromatic N) is 3. The van der Waals surface area contributed by atoms with Crippen molar-refractivity contribution in [2.45, 2.75) is 32.7 Å². The minimum Gasteiger partial charge on any atom is -0.342 e. The second kappa shape index (κ2) is 10.5. The van der Waals surface area contributed by atoms with E-state index in [9.17, 15) is 4.79 Å². The molecule has 1 aromatic carbocycles. The van der Waals surface area contributed by atoms with Crippen LogP contribution in [0.5, 0.6) is 0 Å². The minimum absolute atomic E-state index is 0.0363. The molecule has 0 radical (unpaired) electrons. The Labute approximate surface area is 177 Å². The predicted octanol–water partition coefficient (Wildman–Crippen LogP) is 2.98. The van der Waals surface area contributed by atoms with Crippen LogP contribution in [-0.4, -0.2) is 48.5 Å². The van der Waals surface area contributed by atoms with Crippen molar-refractivity contribution in [1.29, 1.82) is 5.26 Å². The lowest BCUT2D eigenvalue weighted by atomic mass is 9.88. The number of carbonyl (C=O) groups is 1. The number of aromatic nitrogens is 1. The van der Waals surface area contributed by atoms with Crippen LogP contribution in [0.15, 0.2) is 29.6 Å². The normalized spacial score (nSPS) is 15.8. The van der Waals surface area contributed by atoms with Crippen molar-refractivity contribution in [3.63, 3.8) is 0 Å². The van der Waals surface area contributed by atoms with E-state index in [4.69, 9.17) is 10.2 Å². The fourth-order valence-electron chi connectivity index (χ4n) is 3.61. The van der Waals surface area contributed by atoms with E-state index in [2.05, 4.69) is 40.8 Å². The Hall–Kier alpha value is -2.27. The first-order valence-corrected chi connectivity index (χ1v) is 11.1.